The highest BCUT2D eigenvalue weighted by atomic mass is 16.6. The molecule has 9 heteroatoms. The maximum Gasteiger partial charge on any atom is 0.321 e. The number of aliphatic carboxylic acids is 1. The number of ether oxygens (including phenoxy) is 3. The molecule has 9 nitrogen and oxygen atoms in total. The number of esters is 3. The van der Waals surface area contributed by atoms with Crippen LogP contribution in [0.15, 0.2) is 18.2 Å². The highest BCUT2D eigenvalue weighted by Gasteiger charge is 2.32. The second-order valence-electron chi connectivity index (χ2n) is 11.6. The van der Waals surface area contributed by atoms with E-state index >= 15 is 0 Å². The van der Waals surface area contributed by atoms with Gasteiger partial charge in [0.05, 0.1) is 23.9 Å². The van der Waals surface area contributed by atoms with Crippen LogP contribution in [0.2, 0.25) is 0 Å². The Kier molecular flexibility index (Phi) is 13.1. The van der Waals surface area contributed by atoms with Crippen molar-refractivity contribution in [3.05, 3.63) is 23.8 Å². The van der Waals surface area contributed by atoms with Crippen molar-refractivity contribution < 1.29 is 38.5 Å². The fourth-order valence-electron chi connectivity index (χ4n) is 3.51. The van der Waals surface area contributed by atoms with Crippen LogP contribution in [0.25, 0.3) is 0 Å². The molecule has 0 fully saturated rings. The molecule has 3 N–H and O–H groups in total. The van der Waals surface area contributed by atoms with Crippen molar-refractivity contribution in [3.8, 4) is 11.5 Å². The van der Waals surface area contributed by atoms with E-state index in [0.29, 0.717) is 5.56 Å². The summed E-state index contributed by atoms with van der Waals surface area (Å²) in [6, 6.07) is 3.21. The van der Waals surface area contributed by atoms with Crippen molar-refractivity contribution >= 4 is 23.9 Å². The van der Waals surface area contributed by atoms with Gasteiger partial charge in [-0.15, -0.1) is 0 Å². The lowest BCUT2D eigenvalue weighted by molar-refractivity contribution is -0.154. The van der Waals surface area contributed by atoms with Crippen LogP contribution in [0.3, 0.4) is 0 Å². The van der Waals surface area contributed by atoms with E-state index in [4.69, 9.17) is 19.9 Å². The molecule has 1 aromatic rings. The standard InChI is InChI=1S/C30H47NO8/c1-15(2)19(8)28(34)37-18(7)13-23(26(31)27(32)33)22-11-12-24(38-29(35)20(9)16(3)4)25(14-22)39-30(36)21(10)17(5)6/h11-12,14-21,23,26H,13,31H2,1-10H3,(H,32,33)/t18?,19?,20?,21?,23?,26-/m0/s1. The van der Waals surface area contributed by atoms with Gasteiger partial charge in [-0.25, -0.2) is 0 Å². The van der Waals surface area contributed by atoms with Crippen molar-refractivity contribution in [2.75, 3.05) is 0 Å². The van der Waals surface area contributed by atoms with Gasteiger partial charge in [-0.2, -0.15) is 0 Å². The normalized spacial score (nSPS) is 16.3. The topological polar surface area (TPSA) is 142 Å². The molecule has 6 atom stereocenters. The number of carboxylic acid groups (broad SMARTS) is 1. The van der Waals surface area contributed by atoms with Gasteiger partial charge < -0.3 is 25.1 Å². The summed E-state index contributed by atoms with van der Waals surface area (Å²) in [6.07, 6.45) is -0.519. The Hall–Kier alpha value is -2.94. The summed E-state index contributed by atoms with van der Waals surface area (Å²) >= 11 is 0. The first-order chi connectivity index (χ1) is 18.0. The number of carbonyl (C=O) groups excluding carboxylic acids is 3. The minimum atomic E-state index is -1.33. The van der Waals surface area contributed by atoms with Crippen molar-refractivity contribution in [1.29, 1.82) is 0 Å². The molecule has 1 rings (SSSR count). The lowest BCUT2D eigenvalue weighted by atomic mass is 9.86. The fourth-order valence-corrected chi connectivity index (χ4v) is 3.51. The first kappa shape index (κ1) is 34.1. The van der Waals surface area contributed by atoms with Crippen molar-refractivity contribution in [2.45, 2.75) is 93.7 Å². The van der Waals surface area contributed by atoms with Crippen LogP contribution in [-0.2, 0) is 23.9 Å². The maximum atomic E-state index is 12.8. The first-order valence-electron chi connectivity index (χ1n) is 13.7. The molecule has 0 bridgehead atoms. The van der Waals surface area contributed by atoms with Gasteiger partial charge in [0, 0.05) is 5.92 Å². The number of nitrogens with two attached hydrogens (primary N) is 1. The molecule has 0 aliphatic rings. The Bertz CT molecular complexity index is 1000. The highest BCUT2D eigenvalue weighted by Crippen LogP contribution is 2.36. The van der Waals surface area contributed by atoms with E-state index in [1.54, 1.807) is 33.8 Å². The van der Waals surface area contributed by atoms with Gasteiger partial charge in [0.2, 0.25) is 0 Å². The third-order valence-corrected chi connectivity index (χ3v) is 7.55. The smallest absolute Gasteiger partial charge is 0.321 e. The van der Waals surface area contributed by atoms with Gasteiger partial charge in [-0.1, -0.05) is 68.4 Å². The largest absolute Gasteiger partial charge is 0.480 e. The van der Waals surface area contributed by atoms with Gasteiger partial charge in [-0.3, -0.25) is 19.2 Å². The van der Waals surface area contributed by atoms with Gasteiger partial charge in [0.25, 0.3) is 0 Å². The number of hydrogen-bond acceptors (Lipinski definition) is 8. The highest BCUT2D eigenvalue weighted by molar-refractivity contribution is 5.79. The Labute approximate surface area is 232 Å². The number of carboxylic acids is 1. The molecule has 0 heterocycles. The van der Waals surface area contributed by atoms with E-state index in [1.165, 1.54) is 12.1 Å². The monoisotopic (exact) mass is 549 g/mol. The Morgan fingerprint density at radius 1 is 0.718 bits per heavy atom. The van der Waals surface area contributed by atoms with Gasteiger partial charge in [-0.05, 0) is 48.8 Å². The molecule has 0 amide bonds. The van der Waals surface area contributed by atoms with Gasteiger partial charge in [0.1, 0.15) is 6.04 Å². The molecule has 0 saturated carbocycles. The van der Waals surface area contributed by atoms with Crippen molar-refractivity contribution in [3.63, 3.8) is 0 Å². The summed E-state index contributed by atoms with van der Waals surface area (Å²) < 4.78 is 16.9. The molecule has 220 valence electrons. The number of benzene rings is 1. The predicted molar refractivity (Wildman–Crippen MR) is 148 cm³/mol. The molecular formula is C30H47NO8. The molecule has 0 aliphatic carbocycles. The minimum Gasteiger partial charge on any atom is -0.480 e. The maximum absolute atomic E-state index is 12.8. The van der Waals surface area contributed by atoms with Crippen molar-refractivity contribution in [1.82, 2.24) is 0 Å². The third kappa shape index (κ3) is 9.95. The first-order valence-corrected chi connectivity index (χ1v) is 13.7. The van der Waals surface area contributed by atoms with E-state index in [-0.39, 0.29) is 47.6 Å². The lowest BCUT2D eigenvalue weighted by Crippen LogP contribution is -2.38. The predicted octanol–water partition coefficient (Wildman–Crippen LogP) is 5.19. The van der Waals surface area contributed by atoms with E-state index in [9.17, 15) is 24.3 Å². The van der Waals surface area contributed by atoms with Crippen molar-refractivity contribution in [2.24, 2.45) is 41.2 Å². The van der Waals surface area contributed by atoms with E-state index in [0.717, 1.165) is 0 Å². The molecule has 5 unspecified atom stereocenters. The molecule has 39 heavy (non-hydrogen) atoms. The van der Waals surface area contributed by atoms with E-state index < -0.39 is 47.8 Å². The SMILES string of the molecule is CC(CC(c1ccc(OC(=O)C(C)C(C)C)c(OC(=O)C(C)C(C)C)c1)[C@H](N)C(=O)O)OC(=O)C(C)C(C)C. The summed E-state index contributed by atoms with van der Waals surface area (Å²) in [5, 5.41) is 9.72. The Balaban J connectivity index is 3.45. The van der Waals surface area contributed by atoms with Crippen LogP contribution in [0.5, 0.6) is 11.5 Å². The molecule has 0 aromatic heterocycles. The van der Waals surface area contributed by atoms with E-state index in [2.05, 4.69) is 0 Å². The summed E-state index contributed by atoms with van der Waals surface area (Å²) in [7, 11) is 0. The van der Waals surface area contributed by atoms with Crippen LogP contribution in [0.1, 0.15) is 87.1 Å². The molecule has 0 radical (unpaired) electrons. The number of rotatable bonds is 14. The molecular weight excluding hydrogens is 502 g/mol. The molecule has 0 saturated heterocycles. The lowest BCUT2D eigenvalue weighted by Gasteiger charge is -2.27. The second-order valence-corrected chi connectivity index (χ2v) is 11.6. The zero-order valence-corrected chi connectivity index (χ0v) is 25.0. The molecule has 1 aromatic carbocycles. The summed E-state index contributed by atoms with van der Waals surface area (Å²) in [5.41, 5.74) is 6.52. The quantitative estimate of drug-likeness (QED) is 0.237. The van der Waals surface area contributed by atoms with Crippen LogP contribution < -0.4 is 15.2 Å². The van der Waals surface area contributed by atoms with Crippen LogP contribution in [0.4, 0.5) is 0 Å². The average Bonchev–Trinajstić information content (AvgIpc) is 2.85. The van der Waals surface area contributed by atoms with Gasteiger partial charge in [0.15, 0.2) is 11.5 Å². The number of carbonyl (C=O) groups is 4. The zero-order valence-electron chi connectivity index (χ0n) is 25.0. The van der Waals surface area contributed by atoms with E-state index in [1.807, 2.05) is 41.5 Å². The summed E-state index contributed by atoms with van der Waals surface area (Å²) in [5.74, 6) is -4.40. The zero-order chi connectivity index (χ0) is 30.2. The average molecular weight is 550 g/mol. The molecule has 0 aliphatic heterocycles. The van der Waals surface area contributed by atoms with Gasteiger partial charge >= 0.3 is 23.9 Å². The third-order valence-electron chi connectivity index (χ3n) is 7.55. The van der Waals surface area contributed by atoms with Crippen LogP contribution in [-0.4, -0.2) is 41.1 Å². The Morgan fingerprint density at radius 3 is 1.59 bits per heavy atom. The Morgan fingerprint density at radius 2 is 1.15 bits per heavy atom. The minimum absolute atomic E-state index is 0.00425. The number of hydrogen-bond donors (Lipinski definition) is 2. The fraction of sp³-hybridized carbons (Fsp3) is 0.667. The van der Waals surface area contributed by atoms with Crippen LogP contribution >= 0.6 is 0 Å². The summed E-state index contributed by atoms with van der Waals surface area (Å²) in [6.45, 7) is 18.3. The molecule has 0 spiro atoms. The summed E-state index contributed by atoms with van der Waals surface area (Å²) in [4.78, 5) is 49.9. The second kappa shape index (κ2) is 15.0. The van der Waals surface area contributed by atoms with Crippen LogP contribution in [0, 0.1) is 35.5 Å².